The third-order valence-electron chi connectivity index (χ3n) is 6.22. The van der Waals surface area contributed by atoms with Crippen molar-refractivity contribution in [2.45, 2.75) is 45.8 Å². The van der Waals surface area contributed by atoms with Gasteiger partial charge in [0.25, 0.3) is 5.56 Å². The Hall–Kier alpha value is -3.82. The lowest BCUT2D eigenvalue weighted by Crippen LogP contribution is -2.34. The molecule has 0 spiro atoms. The average molecular weight is 570 g/mol. The summed E-state index contributed by atoms with van der Waals surface area (Å²) in [5.74, 6) is 0.257. The molecule has 3 aromatic rings. The number of carbonyl (C=O) groups excluding carboxylic acids is 2. The molecule has 0 bridgehead atoms. The van der Waals surface area contributed by atoms with Gasteiger partial charge in [-0.25, -0.2) is 0 Å². The number of nitrogens with one attached hydrogen (secondary N) is 2. The second-order valence-electron chi connectivity index (χ2n) is 10.2. The van der Waals surface area contributed by atoms with Crippen LogP contribution in [-0.4, -0.2) is 49.7 Å². The van der Waals surface area contributed by atoms with Crippen molar-refractivity contribution >= 4 is 34.7 Å². The molecule has 0 aliphatic carbocycles. The first-order valence-electron chi connectivity index (χ1n) is 12.8. The number of methoxy groups -OCH3 is 2. The molecule has 1 heterocycles. The van der Waals surface area contributed by atoms with E-state index in [1.807, 2.05) is 20.8 Å². The van der Waals surface area contributed by atoms with Crippen molar-refractivity contribution in [3.05, 3.63) is 69.6 Å². The Bertz CT molecular complexity index is 1440. The first kappa shape index (κ1) is 30.7. The Morgan fingerprint density at radius 3 is 2.30 bits per heavy atom. The zero-order valence-electron chi connectivity index (χ0n) is 23.9. The zero-order chi connectivity index (χ0) is 29.6. The number of pyridine rings is 1. The lowest BCUT2D eigenvalue weighted by molar-refractivity contribution is -0.120. The molecule has 1 aromatic heterocycles. The third kappa shape index (κ3) is 7.43. The van der Waals surface area contributed by atoms with Gasteiger partial charge in [-0.15, -0.1) is 0 Å². The SMILES string of the molecule is CNc1ccc(NC(=O)C(CCOC(C)(C)C)n2cc(OC)c(-c3cc(Cl)ccc3C(C)=O)cc2=O)cc1OC. The Labute approximate surface area is 239 Å². The number of benzene rings is 2. The van der Waals surface area contributed by atoms with Gasteiger partial charge in [0.1, 0.15) is 17.5 Å². The summed E-state index contributed by atoms with van der Waals surface area (Å²) in [5.41, 5.74) is 1.64. The highest BCUT2D eigenvalue weighted by Crippen LogP contribution is 2.34. The molecule has 214 valence electrons. The van der Waals surface area contributed by atoms with Gasteiger partial charge >= 0.3 is 0 Å². The van der Waals surface area contributed by atoms with Crippen LogP contribution in [-0.2, 0) is 9.53 Å². The van der Waals surface area contributed by atoms with E-state index in [1.165, 1.54) is 30.9 Å². The fourth-order valence-electron chi connectivity index (χ4n) is 4.27. The molecule has 0 aliphatic heterocycles. The number of hydrogen-bond acceptors (Lipinski definition) is 7. The van der Waals surface area contributed by atoms with Gasteiger partial charge in [-0.1, -0.05) is 11.6 Å². The molecule has 0 fully saturated rings. The molecular weight excluding hydrogens is 534 g/mol. The monoisotopic (exact) mass is 569 g/mol. The zero-order valence-corrected chi connectivity index (χ0v) is 24.6. The van der Waals surface area contributed by atoms with Gasteiger partial charge in [0.15, 0.2) is 5.78 Å². The number of Topliss-reactive ketones (excluding diaryl/α,β-unsaturated/α-hetero) is 1. The number of amides is 1. The number of halogens is 1. The second kappa shape index (κ2) is 13.0. The van der Waals surface area contributed by atoms with Crippen molar-refractivity contribution in [2.75, 3.05) is 38.5 Å². The van der Waals surface area contributed by atoms with Gasteiger partial charge in [-0.3, -0.25) is 19.0 Å². The van der Waals surface area contributed by atoms with Crippen molar-refractivity contribution in [3.63, 3.8) is 0 Å². The molecule has 3 rings (SSSR count). The molecule has 2 N–H and O–H groups in total. The molecule has 1 unspecified atom stereocenters. The van der Waals surface area contributed by atoms with Crippen LogP contribution in [0.2, 0.25) is 5.02 Å². The van der Waals surface area contributed by atoms with E-state index in [0.717, 1.165) is 5.69 Å². The van der Waals surface area contributed by atoms with E-state index >= 15 is 0 Å². The first-order valence-corrected chi connectivity index (χ1v) is 13.2. The average Bonchev–Trinajstić information content (AvgIpc) is 2.90. The summed E-state index contributed by atoms with van der Waals surface area (Å²) in [7, 11) is 4.77. The fraction of sp³-hybridized carbons (Fsp3) is 0.367. The van der Waals surface area contributed by atoms with Crippen LogP contribution in [0.5, 0.6) is 11.5 Å². The maximum absolute atomic E-state index is 13.6. The minimum Gasteiger partial charge on any atom is -0.495 e. The molecular formula is C30H36ClN3O6. The highest BCUT2D eigenvalue weighted by Gasteiger charge is 2.26. The number of carbonyl (C=O) groups is 2. The number of hydrogen-bond donors (Lipinski definition) is 2. The van der Waals surface area contributed by atoms with Gasteiger partial charge in [0, 0.05) is 54.0 Å². The standard InChI is InChI=1S/C30H36ClN3O6/c1-18(35)21-10-8-19(31)14-22(21)23-16-28(36)34(17-27(23)39-7)25(12-13-40-30(2,3)4)29(37)33-20-9-11-24(32-5)26(15-20)38-6/h8-11,14-17,25,32H,12-13H2,1-7H3,(H,33,37). The van der Waals surface area contributed by atoms with Crippen LogP contribution in [0, 0.1) is 0 Å². The van der Waals surface area contributed by atoms with Gasteiger partial charge < -0.3 is 24.8 Å². The minimum absolute atomic E-state index is 0.186. The fourth-order valence-corrected chi connectivity index (χ4v) is 4.44. The summed E-state index contributed by atoms with van der Waals surface area (Å²) < 4.78 is 18.2. The molecule has 2 aromatic carbocycles. The normalized spacial score (nSPS) is 12.0. The predicted molar refractivity (Wildman–Crippen MR) is 158 cm³/mol. The smallest absolute Gasteiger partial charge is 0.252 e. The van der Waals surface area contributed by atoms with E-state index < -0.39 is 23.1 Å². The number of ketones is 1. The van der Waals surface area contributed by atoms with Crippen molar-refractivity contribution in [3.8, 4) is 22.6 Å². The van der Waals surface area contributed by atoms with Crippen LogP contribution in [0.15, 0.2) is 53.5 Å². The minimum atomic E-state index is -0.931. The summed E-state index contributed by atoms with van der Waals surface area (Å²) >= 11 is 6.23. The molecule has 9 nitrogen and oxygen atoms in total. The van der Waals surface area contributed by atoms with E-state index in [1.54, 1.807) is 50.6 Å². The largest absolute Gasteiger partial charge is 0.495 e. The molecule has 0 saturated carbocycles. The van der Waals surface area contributed by atoms with Crippen molar-refractivity contribution in [1.82, 2.24) is 4.57 Å². The molecule has 0 radical (unpaired) electrons. The van der Waals surface area contributed by atoms with Gasteiger partial charge in [0.05, 0.1) is 31.7 Å². The summed E-state index contributed by atoms with van der Waals surface area (Å²) in [5, 5.41) is 6.32. The molecule has 1 amide bonds. The van der Waals surface area contributed by atoms with Crippen LogP contribution in [0.4, 0.5) is 11.4 Å². The molecule has 10 heteroatoms. The van der Waals surface area contributed by atoms with Gasteiger partial charge in [0.2, 0.25) is 5.91 Å². The quantitative estimate of drug-likeness (QED) is 0.280. The van der Waals surface area contributed by atoms with Gasteiger partial charge in [-0.2, -0.15) is 0 Å². The maximum Gasteiger partial charge on any atom is 0.252 e. The summed E-state index contributed by atoms with van der Waals surface area (Å²) in [6.45, 7) is 7.41. The lowest BCUT2D eigenvalue weighted by Gasteiger charge is -2.24. The van der Waals surface area contributed by atoms with Crippen LogP contribution in [0.25, 0.3) is 11.1 Å². The number of ether oxygens (including phenoxy) is 3. The van der Waals surface area contributed by atoms with E-state index in [0.29, 0.717) is 38.9 Å². The molecule has 0 aliphatic rings. The summed E-state index contributed by atoms with van der Waals surface area (Å²) in [4.78, 5) is 39.5. The Balaban J connectivity index is 2.07. The van der Waals surface area contributed by atoms with Gasteiger partial charge in [-0.05, 0) is 63.6 Å². The summed E-state index contributed by atoms with van der Waals surface area (Å²) in [6, 6.07) is 10.5. The summed E-state index contributed by atoms with van der Waals surface area (Å²) in [6.07, 6.45) is 1.70. The van der Waals surface area contributed by atoms with Crippen molar-refractivity contribution in [1.29, 1.82) is 0 Å². The Morgan fingerprint density at radius 2 is 1.70 bits per heavy atom. The molecule has 0 saturated heterocycles. The van der Waals surface area contributed by atoms with Crippen LogP contribution in [0.1, 0.15) is 50.5 Å². The van der Waals surface area contributed by atoms with Crippen LogP contribution >= 0.6 is 11.6 Å². The topological polar surface area (TPSA) is 108 Å². The highest BCUT2D eigenvalue weighted by molar-refractivity contribution is 6.31. The number of anilines is 2. The second-order valence-corrected chi connectivity index (χ2v) is 10.6. The van der Waals surface area contributed by atoms with E-state index in [4.69, 9.17) is 25.8 Å². The maximum atomic E-state index is 13.6. The van der Waals surface area contributed by atoms with E-state index in [9.17, 15) is 14.4 Å². The number of aromatic nitrogens is 1. The number of rotatable bonds is 11. The van der Waals surface area contributed by atoms with Crippen molar-refractivity contribution in [2.24, 2.45) is 0 Å². The highest BCUT2D eigenvalue weighted by atomic mass is 35.5. The van der Waals surface area contributed by atoms with Crippen LogP contribution in [0.3, 0.4) is 0 Å². The Kier molecular flexibility index (Phi) is 10.0. The van der Waals surface area contributed by atoms with E-state index in [-0.39, 0.29) is 18.8 Å². The predicted octanol–water partition coefficient (Wildman–Crippen LogP) is 5.82. The van der Waals surface area contributed by atoms with E-state index in [2.05, 4.69) is 10.6 Å². The van der Waals surface area contributed by atoms with Crippen molar-refractivity contribution < 1.29 is 23.8 Å². The lowest BCUT2D eigenvalue weighted by atomic mass is 9.97. The third-order valence-corrected chi connectivity index (χ3v) is 6.45. The number of nitrogens with zero attached hydrogens (tertiary/aromatic N) is 1. The molecule has 1 atom stereocenters. The molecule has 40 heavy (non-hydrogen) atoms. The Morgan fingerprint density at radius 1 is 1.00 bits per heavy atom. The van der Waals surface area contributed by atoms with Crippen LogP contribution < -0.4 is 25.7 Å². The first-order chi connectivity index (χ1) is 18.9.